The molecular weight excluding hydrogens is 360 g/mol. The van der Waals surface area contributed by atoms with Crippen molar-refractivity contribution in [2.24, 2.45) is 26.2 Å². The number of nitrogens with zero attached hydrogens (tertiary/aromatic N) is 2. The first-order valence-corrected chi connectivity index (χ1v) is 10.4. The Balaban J connectivity index is 1.54. The first-order chi connectivity index (χ1) is 13.9. The van der Waals surface area contributed by atoms with Crippen molar-refractivity contribution in [3.8, 4) is 0 Å². The second-order valence-corrected chi connectivity index (χ2v) is 9.34. The quantitative estimate of drug-likeness (QED) is 0.706. The van der Waals surface area contributed by atoms with Crippen molar-refractivity contribution in [3.63, 3.8) is 0 Å². The highest BCUT2D eigenvalue weighted by molar-refractivity contribution is 6.12. The third-order valence-electron chi connectivity index (χ3n) is 7.69. The average molecular weight is 389 g/mol. The van der Waals surface area contributed by atoms with Crippen LogP contribution < -0.4 is 0 Å². The highest BCUT2D eigenvalue weighted by Gasteiger charge is 2.85. The molecule has 150 valence electrons. The van der Waals surface area contributed by atoms with Gasteiger partial charge in [0.25, 0.3) is 0 Å². The number of benzene rings is 2. The molecule has 29 heavy (non-hydrogen) atoms. The maximum absolute atomic E-state index is 6.26. The van der Waals surface area contributed by atoms with E-state index in [4.69, 9.17) is 19.5 Å². The molecule has 0 aromatic heterocycles. The predicted octanol–water partition coefficient (Wildman–Crippen LogP) is 5.38. The van der Waals surface area contributed by atoms with Crippen molar-refractivity contribution in [2.75, 3.05) is 13.2 Å². The fourth-order valence-electron chi connectivity index (χ4n) is 5.32. The van der Waals surface area contributed by atoms with Crippen LogP contribution in [0.15, 0.2) is 70.6 Å². The van der Waals surface area contributed by atoms with Crippen molar-refractivity contribution in [1.82, 2.24) is 0 Å². The Morgan fingerprint density at radius 3 is 1.38 bits per heavy atom. The van der Waals surface area contributed by atoms with Crippen LogP contribution in [-0.2, 0) is 9.47 Å². The molecule has 0 bridgehead atoms. The summed E-state index contributed by atoms with van der Waals surface area (Å²) in [5.41, 5.74) is 1.83. The molecular formula is C25H28N2O2. The van der Waals surface area contributed by atoms with Gasteiger partial charge in [0, 0.05) is 0 Å². The molecule has 2 aromatic rings. The summed E-state index contributed by atoms with van der Waals surface area (Å²) in [4.78, 5) is 10.1. The maximum Gasteiger partial charge on any atom is 0.201 e. The van der Waals surface area contributed by atoms with Gasteiger partial charge in [-0.2, -0.15) is 0 Å². The molecule has 3 aliphatic rings. The zero-order chi connectivity index (χ0) is 20.3. The number of rotatable bonds is 4. The molecule has 1 aliphatic carbocycles. The summed E-state index contributed by atoms with van der Waals surface area (Å²) >= 11 is 0. The Morgan fingerprint density at radius 1 is 0.655 bits per heavy atom. The lowest BCUT2D eigenvalue weighted by Gasteiger charge is -2.20. The van der Waals surface area contributed by atoms with E-state index in [1.165, 1.54) is 11.1 Å². The molecule has 4 nitrogen and oxygen atoms in total. The standard InChI is InChI=1S/C25H28N2O2/c1-23(2)24(3,4)25(23,21-26-19(15-28-21)17-11-7-5-8-12-17)22-27-20(16-29-22)18-13-9-6-10-14-18/h5-14,19-20H,15-16H2,1-4H3/t19-,20-/m1/s1. The Hall–Kier alpha value is -2.62. The Bertz CT molecular complexity index is 895. The van der Waals surface area contributed by atoms with Crippen molar-refractivity contribution < 1.29 is 9.47 Å². The van der Waals surface area contributed by atoms with Crippen LogP contribution >= 0.6 is 0 Å². The molecule has 0 unspecified atom stereocenters. The van der Waals surface area contributed by atoms with Crippen LogP contribution in [0.3, 0.4) is 0 Å². The maximum atomic E-state index is 6.26. The van der Waals surface area contributed by atoms with Gasteiger partial charge in [-0.25, -0.2) is 9.98 Å². The summed E-state index contributed by atoms with van der Waals surface area (Å²) < 4.78 is 12.5. The van der Waals surface area contributed by atoms with Gasteiger partial charge in [0.2, 0.25) is 11.8 Å². The minimum atomic E-state index is -0.424. The molecule has 0 spiro atoms. The van der Waals surface area contributed by atoms with Gasteiger partial charge in [-0.15, -0.1) is 0 Å². The summed E-state index contributed by atoms with van der Waals surface area (Å²) in [7, 11) is 0. The van der Waals surface area contributed by atoms with E-state index in [1.807, 2.05) is 12.1 Å². The monoisotopic (exact) mass is 388 g/mol. The zero-order valence-corrected chi connectivity index (χ0v) is 17.6. The van der Waals surface area contributed by atoms with Gasteiger partial charge in [0.1, 0.15) is 30.7 Å². The lowest BCUT2D eigenvalue weighted by atomic mass is 9.93. The number of aliphatic imine (C=N–C) groups is 2. The van der Waals surface area contributed by atoms with E-state index in [9.17, 15) is 0 Å². The van der Waals surface area contributed by atoms with E-state index in [0.29, 0.717) is 13.2 Å². The highest BCUT2D eigenvalue weighted by atomic mass is 16.5. The molecule has 1 saturated carbocycles. The first-order valence-electron chi connectivity index (χ1n) is 10.4. The Labute approximate surface area is 172 Å². The number of hydrogen-bond acceptors (Lipinski definition) is 4. The van der Waals surface area contributed by atoms with Crippen LogP contribution in [0.2, 0.25) is 0 Å². The van der Waals surface area contributed by atoms with E-state index < -0.39 is 5.41 Å². The van der Waals surface area contributed by atoms with Crippen LogP contribution in [0.25, 0.3) is 0 Å². The third-order valence-corrected chi connectivity index (χ3v) is 7.69. The van der Waals surface area contributed by atoms with Crippen LogP contribution in [0, 0.1) is 16.2 Å². The summed E-state index contributed by atoms with van der Waals surface area (Å²) in [6, 6.07) is 20.8. The Kier molecular flexibility index (Phi) is 3.93. The lowest BCUT2D eigenvalue weighted by Crippen LogP contribution is -2.33. The van der Waals surface area contributed by atoms with Crippen molar-refractivity contribution in [1.29, 1.82) is 0 Å². The average Bonchev–Trinajstić information content (AvgIpc) is 3.27. The summed E-state index contributed by atoms with van der Waals surface area (Å²) in [6.07, 6.45) is 0. The summed E-state index contributed by atoms with van der Waals surface area (Å²) in [6.45, 7) is 10.2. The van der Waals surface area contributed by atoms with Crippen LogP contribution in [0.4, 0.5) is 0 Å². The first kappa shape index (κ1) is 18.4. The molecule has 0 N–H and O–H groups in total. The fraction of sp³-hybridized carbons (Fsp3) is 0.440. The van der Waals surface area contributed by atoms with E-state index in [0.717, 1.165) is 11.8 Å². The molecule has 2 atom stereocenters. The zero-order valence-electron chi connectivity index (χ0n) is 17.6. The molecule has 0 amide bonds. The van der Waals surface area contributed by atoms with Gasteiger partial charge in [0.05, 0.1) is 0 Å². The minimum absolute atomic E-state index is 0.0298. The van der Waals surface area contributed by atoms with Gasteiger partial charge < -0.3 is 9.47 Å². The van der Waals surface area contributed by atoms with Gasteiger partial charge in [0.15, 0.2) is 0 Å². The number of ether oxygens (including phenoxy) is 2. The molecule has 0 radical (unpaired) electrons. The number of hydrogen-bond donors (Lipinski definition) is 0. The molecule has 2 heterocycles. The molecule has 2 aliphatic heterocycles. The van der Waals surface area contributed by atoms with E-state index >= 15 is 0 Å². The van der Waals surface area contributed by atoms with E-state index in [-0.39, 0.29) is 22.9 Å². The normalized spacial score (nSPS) is 28.1. The Morgan fingerprint density at radius 2 is 1.03 bits per heavy atom. The third kappa shape index (κ3) is 2.38. The van der Waals surface area contributed by atoms with Gasteiger partial charge in [-0.1, -0.05) is 88.4 Å². The molecule has 1 fully saturated rings. The van der Waals surface area contributed by atoms with E-state index in [1.54, 1.807) is 0 Å². The van der Waals surface area contributed by atoms with Gasteiger partial charge in [-0.05, 0) is 22.0 Å². The van der Waals surface area contributed by atoms with Crippen molar-refractivity contribution in [2.45, 2.75) is 39.8 Å². The predicted molar refractivity (Wildman–Crippen MR) is 115 cm³/mol. The minimum Gasteiger partial charge on any atom is -0.478 e. The van der Waals surface area contributed by atoms with E-state index in [2.05, 4.69) is 76.2 Å². The lowest BCUT2D eigenvalue weighted by molar-refractivity contribution is 0.266. The van der Waals surface area contributed by atoms with Crippen LogP contribution in [0.1, 0.15) is 50.9 Å². The van der Waals surface area contributed by atoms with Crippen molar-refractivity contribution >= 4 is 11.8 Å². The van der Waals surface area contributed by atoms with Crippen LogP contribution in [0.5, 0.6) is 0 Å². The summed E-state index contributed by atoms with van der Waals surface area (Å²) in [5, 5.41) is 0. The smallest absolute Gasteiger partial charge is 0.201 e. The van der Waals surface area contributed by atoms with Crippen molar-refractivity contribution in [3.05, 3.63) is 71.8 Å². The molecule has 5 rings (SSSR count). The van der Waals surface area contributed by atoms with Gasteiger partial charge in [-0.3, -0.25) is 0 Å². The largest absolute Gasteiger partial charge is 0.478 e. The second kappa shape index (κ2) is 6.19. The molecule has 2 aromatic carbocycles. The topological polar surface area (TPSA) is 43.2 Å². The summed E-state index contributed by atoms with van der Waals surface area (Å²) in [5.74, 6) is 1.57. The second-order valence-electron chi connectivity index (χ2n) is 9.34. The van der Waals surface area contributed by atoms with Crippen LogP contribution in [-0.4, -0.2) is 25.0 Å². The van der Waals surface area contributed by atoms with Gasteiger partial charge >= 0.3 is 0 Å². The molecule has 4 heteroatoms. The fourth-order valence-corrected chi connectivity index (χ4v) is 5.32. The molecule has 0 saturated heterocycles. The SMILES string of the molecule is CC1(C)C(C)(C)C1(C1=N[C@@H](c2ccccc2)CO1)C1=N[C@@H](c2ccccc2)CO1. The highest BCUT2D eigenvalue weighted by Crippen LogP contribution is 2.79.